The number of aliphatic hydroxyl groups excluding tert-OH is 1. The molecule has 2 aromatic carbocycles. The molecule has 2 unspecified atom stereocenters. The summed E-state index contributed by atoms with van der Waals surface area (Å²) in [5.74, 6) is 0.719. The third-order valence-corrected chi connectivity index (χ3v) is 5.72. The summed E-state index contributed by atoms with van der Waals surface area (Å²) >= 11 is 6.28. The number of halogens is 2. The van der Waals surface area contributed by atoms with Crippen LogP contribution >= 0.6 is 35.6 Å². The second-order valence-corrected chi connectivity index (χ2v) is 8.05. The van der Waals surface area contributed by atoms with E-state index >= 15 is 0 Å². The van der Waals surface area contributed by atoms with Crippen molar-refractivity contribution in [2.75, 3.05) is 52.5 Å². The van der Waals surface area contributed by atoms with E-state index in [1.807, 2.05) is 55.5 Å². The molecule has 3 N–H and O–H groups in total. The summed E-state index contributed by atoms with van der Waals surface area (Å²) in [5, 5.41) is 17.4. The van der Waals surface area contributed by atoms with Crippen LogP contribution in [0.15, 0.2) is 59.6 Å². The zero-order valence-corrected chi connectivity index (χ0v) is 21.6. The van der Waals surface area contributed by atoms with Crippen LogP contribution < -0.4 is 10.6 Å². The first-order valence-electron chi connectivity index (χ1n) is 11.0. The van der Waals surface area contributed by atoms with Gasteiger partial charge in [-0.05, 0) is 30.2 Å². The predicted octanol–water partition coefficient (Wildman–Crippen LogP) is 3.66. The second-order valence-electron chi connectivity index (χ2n) is 7.61. The van der Waals surface area contributed by atoms with E-state index in [-0.39, 0.29) is 42.5 Å². The van der Waals surface area contributed by atoms with Gasteiger partial charge in [0.05, 0.1) is 32.4 Å². The summed E-state index contributed by atoms with van der Waals surface area (Å²) in [6, 6.07) is 18.2. The van der Waals surface area contributed by atoms with Crippen LogP contribution in [-0.4, -0.2) is 68.5 Å². The third-order valence-electron chi connectivity index (χ3n) is 5.49. The zero-order chi connectivity index (χ0) is 21.9. The van der Waals surface area contributed by atoms with Gasteiger partial charge in [0, 0.05) is 37.1 Å². The van der Waals surface area contributed by atoms with Gasteiger partial charge in [-0.25, -0.2) is 0 Å². The minimum absolute atomic E-state index is 0. The van der Waals surface area contributed by atoms with Crippen molar-refractivity contribution in [2.45, 2.75) is 18.9 Å². The smallest absolute Gasteiger partial charge is 0.191 e. The number of hydrogen-bond acceptors (Lipinski definition) is 4. The van der Waals surface area contributed by atoms with Crippen LogP contribution in [0, 0.1) is 0 Å². The number of nitrogens with zero attached hydrogens (tertiary/aromatic N) is 2. The predicted molar refractivity (Wildman–Crippen MR) is 142 cm³/mol. The Hall–Kier alpha value is -1.39. The highest BCUT2D eigenvalue weighted by Crippen LogP contribution is 2.24. The van der Waals surface area contributed by atoms with Gasteiger partial charge < -0.3 is 20.5 Å². The van der Waals surface area contributed by atoms with Crippen molar-refractivity contribution in [3.63, 3.8) is 0 Å². The number of benzene rings is 2. The number of guanidine groups is 1. The Labute approximate surface area is 213 Å². The summed E-state index contributed by atoms with van der Waals surface area (Å²) in [5.41, 5.74) is 2.27. The zero-order valence-electron chi connectivity index (χ0n) is 18.5. The lowest BCUT2D eigenvalue weighted by Gasteiger charge is -2.35. The molecule has 0 spiro atoms. The lowest BCUT2D eigenvalue weighted by atomic mass is 10.0. The van der Waals surface area contributed by atoms with Crippen LogP contribution in [0.2, 0.25) is 5.02 Å². The number of ether oxygens (including phenoxy) is 1. The summed E-state index contributed by atoms with van der Waals surface area (Å²) in [6.45, 7) is 7.32. The second kappa shape index (κ2) is 14.7. The van der Waals surface area contributed by atoms with Crippen molar-refractivity contribution in [3.05, 3.63) is 70.7 Å². The number of nitrogens with one attached hydrogen (secondary N) is 2. The largest absolute Gasteiger partial charge is 0.396 e. The molecule has 3 rings (SSSR count). The van der Waals surface area contributed by atoms with Gasteiger partial charge in [0.2, 0.25) is 0 Å². The van der Waals surface area contributed by atoms with Crippen LogP contribution in [-0.2, 0) is 4.74 Å². The van der Waals surface area contributed by atoms with Crippen molar-refractivity contribution in [1.82, 2.24) is 15.5 Å². The molecule has 6 nitrogen and oxygen atoms in total. The Morgan fingerprint density at radius 1 is 1.09 bits per heavy atom. The van der Waals surface area contributed by atoms with Gasteiger partial charge in [-0.3, -0.25) is 9.89 Å². The standard InChI is InChI=1S/C24H33ClN4O2.HI/c1-2-26-24(27-16-21(18-30)19-7-4-3-5-8-19)28-17-23(29-11-13-31-14-12-29)20-9-6-10-22(25)15-20;/h3-10,15,21,23,30H,2,11-14,16-18H2,1H3,(H2,26,27,28);1H. The first-order chi connectivity index (χ1) is 15.2. The molecule has 0 radical (unpaired) electrons. The van der Waals surface area contributed by atoms with Crippen molar-refractivity contribution >= 4 is 41.5 Å². The topological polar surface area (TPSA) is 69.1 Å². The maximum Gasteiger partial charge on any atom is 0.191 e. The molecule has 0 aromatic heterocycles. The fraction of sp³-hybridized carbons (Fsp3) is 0.458. The monoisotopic (exact) mass is 572 g/mol. The molecule has 0 bridgehead atoms. The van der Waals surface area contributed by atoms with Crippen molar-refractivity contribution in [2.24, 2.45) is 4.99 Å². The van der Waals surface area contributed by atoms with Crippen LogP contribution in [0.5, 0.6) is 0 Å². The van der Waals surface area contributed by atoms with E-state index < -0.39 is 0 Å². The molecule has 176 valence electrons. The van der Waals surface area contributed by atoms with E-state index in [4.69, 9.17) is 21.3 Å². The number of hydrogen-bond donors (Lipinski definition) is 3. The molecule has 0 saturated carbocycles. The van der Waals surface area contributed by atoms with Gasteiger partial charge in [-0.1, -0.05) is 54.1 Å². The molecule has 2 atom stereocenters. The molecule has 1 heterocycles. The number of aliphatic imine (C=N–C) groups is 1. The Morgan fingerprint density at radius 2 is 1.81 bits per heavy atom. The molecular weight excluding hydrogens is 539 g/mol. The minimum atomic E-state index is -0.0281. The molecule has 8 heteroatoms. The van der Waals surface area contributed by atoms with E-state index in [0.717, 1.165) is 49.4 Å². The lowest BCUT2D eigenvalue weighted by Crippen LogP contribution is -2.46. The molecule has 0 aliphatic carbocycles. The van der Waals surface area contributed by atoms with E-state index in [0.29, 0.717) is 13.1 Å². The maximum atomic E-state index is 9.84. The Bertz CT molecular complexity index is 819. The maximum absolute atomic E-state index is 9.84. The Kier molecular flexibility index (Phi) is 12.3. The fourth-order valence-electron chi connectivity index (χ4n) is 3.79. The van der Waals surface area contributed by atoms with Gasteiger partial charge in [0.15, 0.2) is 5.96 Å². The quantitative estimate of drug-likeness (QED) is 0.243. The van der Waals surface area contributed by atoms with E-state index in [1.165, 1.54) is 5.56 Å². The average molecular weight is 573 g/mol. The SMILES string of the molecule is CCNC(=NCC(CO)c1ccccc1)NCC(c1cccc(Cl)c1)N1CCOCC1.I. The first-order valence-corrected chi connectivity index (χ1v) is 11.3. The highest BCUT2D eigenvalue weighted by Gasteiger charge is 2.23. The van der Waals surface area contributed by atoms with Crippen molar-refractivity contribution < 1.29 is 9.84 Å². The van der Waals surface area contributed by atoms with E-state index in [1.54, 1.807) is 0 Å². The van der Waals surface area contributed by atoms with Crippen LogP contribution in [0.1, 0.15) is 30.0 Å². The molecule has 1 aliphatic heterocycles. The lowest BCUT2D eigenvalue weighted by molar-refractivity contribution is 0.0170. The van der Waals surface area contributed by atoms with Crippen LogP contribution in [0.4, 0.5) is 0 Å². The highest BCUT2D eigenvalue weighted by atomic mass is 127. The summed E-state index contributed by atoms with van der Waals surface area (Å²) in [7, 11) is 0. The van der Waals surface area contributed by atoms with Gasteiger partial charge in [0.25, 0.3) is 0 Å². The number of rotatable bonds is 9. The molecule has 32 heavy (non-hydrogen) atoms. The van der Waals surface area contributed by atoms with Gasteiger partial charge in [-0.15, -0.1) is 24.0 Å². The van der Waals surface area contributed by atoms with Gasteiger partial charge >= 0.3 is 0 Å². The average Bonchev–Trinajstić information content (AvgIpc) is 2.81. The number of morpholine rings is 1. The molecule has 1 fully saturated rings. The number of aliphatic hydroxyl groups is 1. The van der Waals surface area contributed by atoms with Crippen LogP contribution in [0.3, 0.4) is 0 Å². The third kappa shape index (κ3) is 8.19. The molecule has 1 aliphatic rings. The normalized spacial score (nSPS) is 16.7. The Morgan fingerprint density at radius 3 is 2.47 bits per heavy atom. The summed E-state index contributed by atoms with van der Waals surface area (Å²) in [4.78, 5) is 7.18. The summed E-state index contributed by atoms with van der Waals surface area (Å²) < 4.78 is 5.55. The van der Waals surface area contributed by atoms with Crippen LogP contribution in [0.25, 0.3) is 0 Å². The van der Waals surface area contributed by atoms with Gasteiger partial charge in [0.1, 0.15) is 0 Å². The first kappa shape index (κ1) is 26.9. The molecule has 2 aromatic rings. The van der Waals surface area contributed by atoms with E-state index in [9.17, 15) is 5.11 Å². The van der Waals surface area contributed by atoms with Crippen molar-refractivity contribution in [3.8, 4) is 0 Å². The van der Waals surface area contributed by atoms with E-state index in [2.05, 4.69) is 21.6 Å². The molecule has 0 amide bonds. The van der Waals surface area contributed by atoms with Gasteiger partial charge in [-0.2, -0.15) is 0 Å². The fourth-order valence-corrected chi connectivity index (χ4v) is 3.99. The van der Waals surface area contributed by atoms with Crippen molar-refractivity contribution in [1.29, 1.82) is 0 Å². The summed E-state index contributed by atoms with van der Waals surface area (Å²) in [6.07, 6.45) is 0. The molecular formula is C24H34ClIN4O2. The Balaban J connectivity index is 0.00000363. The molecule has 1 saturated heterocycles. The minimum Gasteiger partial charge on any atom is -0.396 e. The highest BCUT2D eigenvalue weighted by molar-refractivity contribution is 14.0.